The lowest BCUT2D eigenvalue weighted by molar-refractivity contribution is 0.414. The van der Waals surface area contributed by atoms with Crippen LogP contribution in [0.1, 0.15) is 31.7 Å². The number of hydrogen-bond acceptors (Lipinski definition) is 2. The van der Waals surface area contributed by atoms with E-state index < -0.39 is 0 Å². The van der Waals surface area contributed by atoms with E-state index in [9.17, 15) is 4.39 Å². The number of anilines is 1. The Morgan fingerprint density at radius 1 is 1.00 bits per heavy atom. The van der Waals surface area contributed by atoms with Crippen molar-refractivity contribution in [1.82, 2.24) is 0 Å². The van der Waals surface area contributed by atoms with Crippen molar-refractivity contribution in [2.75, 3.05) is 25.1 Å². The lowest BCUT2D eigenvalue weighted by Crippen LogP contribution is -2.30. The summed E-state index contributed by atoms with van der Waals surface area (Å²) in [5.41, 5.74) is 4.02. The lowest BCUT2D eigenvalue weighted by Gasteiger charge is -2.31. The maximum atomic E-state index is 14.4. The van der Waals surface area contributed by atoms with Crippen LogP contribution in [0.25, 0.3) is 11.1 Å². The fraction of sp³-hybridized carbons (Fsp3) is 0.400. The Balaban J connectivity index is 2.10. The Morgan fingerprint density at radius 2 is 1.78 bits per heavy atom. The Labute approximate surface area is 137 Å². The van der Waals surface area contributed by atoms with Crippen LogP contribution in [0, 0.1) is 5.82 Å². The van der Waals surface area contributed by atoms with Crippen LogP contribution in [-0.4, -0.2) is 20.2 Å². The first-order valence-corrected chi connectivity index (χ1v) is 8.44. The minimum atomic E-state index is -0.201. The molecule has 0 aliphatic carbocycles. The van der Waals surface area contributed by atoms with E-state index in [1.165, 1.54) is 30.9 Å². The van der Waals surface area contributed by atoms with Crippen molar-refractivity contribution in [3.8, 4) is 16.9 Å². The van der Waals surface area contributed by atoms with Crippen LogP contribution in [-0.2, 0) is 6.42 Å². The fourth-order valence-corrected chi connectivity index (χ4v) is 3.26. The predicted molar refractivity (Wildman–Crippen MR) is 93.8 cm³/mol. The molecule has 1 heterocycles. The molecule has 2 aromatic rings. The lowest BCUT2D eigenvalue weighted by atomic mass is 9.97. The van der Waals surface area contributed by atoms with Crippen LogP contribution in [0.3, 0.4) is 0 Å². The average Bonchev–Trinajstić information content (AvgIpc) is 2.62. The Kier molecular flexibility index (Phi) is 4.85. The topological polar surface area (TPSA) is 12.5 Å². The first-order chi connectivity index (χ1) is 11.2. The standard InChI is InChI=1S/C20H24FNO/c1-3-15-7-9-17(18-14-16(23-2)8-10-19(18)21)20(13-15)22-11-5-4-6-12-22/h7-10,13-14H,3-6,11-12H2,1-2H3. The highest BCUT2D eigenvalue weighted by Crippen LogP contribution is 2.36. The first kappa shape index (κ1) is 15.9. The van der Waals surface area contributed by atoms with Crippen molar-refractivity contribution in [2.24, 2.45) is 0 Å². The molecule has 2 nitrogen and oxygen atoms in total. The third-order valence-electron chi connectivity index (χ3n) is 4.63. The molecule has 0 bridgehead atoms. The van der Waals surface area contributed by atoms with Gasteiger partial charge in [0.05, 0.1) is 7.11 Å². The molecular weight excluding hydrogens is 289 g/mol. The molecule has 0 N–H and O–H groups in total. The second kappa shape index (κ2) is 7.03. The maximum absolute atomic E-state index is 14.4. The number of aryl methyl sites for hydroxylation is 1. The third kappa shape index (κ3) is 3.34. The number of nitrogens with zero attached hydrogens (tertiary/aromatic N) is 1. The van der Waals surface area contributed by atoms with E-state index in [-0.39, 0.29) is 5.82 Å². The van der Waals surface area contributed by atoms with Crippen molar-refractivity contribution < 1.29 is 9.13 Å². The highest BCUT2D eigenvalue weighted by Gasteiger charge is 2.18. The van der Waals surface area contributed by atoms with Gasteiger partial charge in [-0.1, -0.05) is 19.1 Å². The monoisotopic (exact) mass is 313 g/mol. The number of hydrogen-bond donors (Lipinski definition) is 0. The van der Waals surface area contributed by atoms with Gasteiger partial charge in [-0.05, 0) is 55.5 Å². The smallest absolute Gasteiger partial charge is 0.131 e. The van der Waals surface area contributed by atoms with E-state index in [2.05, 4.69) is 30.0 Å². The fourth-order valence-electron chi connectivity index (χ4n) is 3.26. The van der Waals surface area contributed by atoms with E-state index in [1.807, 2.05) is 0 Å². The Bertz CT molecular complexity index is 677. The number of ether oxygens (including phenoxy) is 1. The number of piperidine rings is 1. The molecule has 1 fully saturated rings. The molecule has 0 radical (unpaired) electrons. The summed E-state index contributed by atoms with van der Waals surface area (Å²) in [6.45, 7) is 4.25. The zero-order valence-electron chi connectivity index (χ0n) is 13.9. The van der Waals surface area contributed by atoms with Crippen molar-refractivity contribution in [3.63, 3.8) is 0 Å². The molecule has 1 aliphatic rings. The van der Waals surface area contributed by atoms with Crippen molar-refractivity contribution in [2.45, 2.75) is 32.6 Å². The van der Waals surface area contributed by atoms with Crippen molar-refractivity contribution in [3.05, 3.63) is 47.8 Å². The molecule has 1 aliphatic heterocycles. The molecule has 122 valence electrons. The van der Waals surface area contributed by atoms with Crippen molar-refractivity contribution >= 4 is 5.69 Å². The molecule has 0 spiro atoms. The van der Waals surface area contributed by atoms with Gasteiger partial charge in [0, 0.05) is 29.9 Å². The van der Waals surface area contributed by atoms with Crippen LogP contribution in [0.4, 0.5) is 10.1 Å². The van der Waals surface area contributed by atoms with Crippen LogP contribution in [0.5, 0.6) is 5.75 Å². The molecule has 23 heavy (non-hydrogen) atoms. The van der Waals surface area contributed by atoms with Crippen LogP contribution in [0.2, 0.25) is 0 Å². The van der Waals surface area contributed by atoms with Crippen LogP contribution < -0.4 is 9.64 Å². The quantitative estimate of drug-likeness (QED) is 0.783. The maximum Gasteiger partial charge on any atom is 0.131 e. The summed E-state index contributed by atoms with van der Waals surface area (Å²) < 4.78 is 19.7. The molecule has 0 unspecified atom stereocenters. The summed E-state index contributed by atoms with van der Waals surface area (Å²) >= 11 is 0. The summed E-state index contributed by atoms with van der Waals surface area (Å²) in [5, 5.41) is 0. The largest absolute Gasteiger partial charge is 0.497 e. The molecule has 0 saturated carbocycles. The van der Waals surface area contributed by atoms with Gasteiger partial charge >= 0.3 is 0 Å². The SMILES string of the molecule is CCc1ccc(-c2cc(OC)ccc2F)c(N2CCCCC2)c1. The highest BCUT2D eigenvalue weighted by atomic mass is 19.1. The van der Waals surface area contributed by atoms with Gasteiger partial charge in [-0.3, -0.25) is 0 Å². The Hall–Kier alpha value is -2.03. The summed E-state index contributed by atoms with van der Waals surface area (Å²) in [5.74, 6) is 0.485. The molecule has 3 heteroatoms. The molecular formula is C20H24FNO. The molecule has 2 aromatic carbocycles. The summed E-state index contributed by atoms with van der Waals surface area (Å²) in [7, 11) is 1.61. The van der Waals surface area contributed by atoms with Gasteiger partial charge in [0.25, 0.3) is 0 Å². The average molecular weight is 313 g/mol. The van der Waals surface area contributed by atoms with Crippen molar-refractivity contribution in [1.29, 1.82) is 0 Å². The van der Waals surface area contributed by atoms with Gasteiger partial charge in [0.1, 0.15) is 11.6 Å². The molecule has 0 aromatic heterocycles. The van der Waals surface area contributed by atoms with Gasteiger partial charge in [-0.2, -0.15) is 0 Å². The van der Waals surface area contributed by atoms with E-state index >= 15 is 0 Å². The summed E-state index contributed by atoms with van der Waals surface area (Å²) in [6.07, 6.45) is 4.68. The van der Waals surface area contributed by atoms with E-state index in [4.69, 9.17) is 4.74 Å². The van der Waals surface area contributed by atoms with Gasteiger partial charge in [-0.15, -0.1) is 0 Å². The van der Waals surface area contributed by atoms with Crippen LogP contribution in [0.15, 0.2) is 36.4 Å². The van der Waals surface area contributed by atoms with Gasteiger partial charge in [-0.25, -0.2) is 4.39 Å². The molecule has 0 atom stereocenters. The molecule has 3 rings (SSSR count). The van der Waals surface area contributed by atoms with Gasteiger partial charge in [0.15, 0.2) is 0 Å². The molecule has 1 saturated heterocycles. The predicted octanol–water partition coefficient (Wildman–Crippen LogP) is 5.05. The number of rotatable bonds is 4. The molecule has 0 amide bonds. The zero-order chi connectivity index (χ0) is 16.2. The number of methoxy groups -OCH3 is 1. The number of benzene rings is 2. The normalized spacial score (nSPS) is 14.8. The third-order valence-corrected chi connectivity index (χ3v) is 4.63. The van der Waals surface area contributed by atoms with E-state index in [0.29, 0.717) is 11.3 Å². The summed E-state index contributed by atoms with van der Waals surface area (Å²) in [4.78, 5) is 2.40. The first-order valence-electron chi connectivity index (χ1n) is 8.44. The second-order valence-electron chi connectivity index (χ2n) is 6.10. The summed E-state index contributed by atoms with van der Waals surface area (Å²) in [6, 6.07) is 11.3. The highest BCUT2D eigenvalue weighted by molar-refractivity contribution is 5.80. The van der Waals surface area contributed by atoms with E-state index in [0.717, 1.165) is 30.8 Å². The minimum absolute atomic E-state index is 0.201. The minimum Gasteiger partial charge on any atom is -0.497 e. The Morgan fingerprint density at radius 3 is 2.48 bits per heavy atom. The van der Waals surface area contributed by atoms with Crippen LogP contribution >= 0.6 is 0 Å². The number of halogens is 1. The second-order valence-corrected chi connectivity index (χ2v) is 6.10. The van der Waals surface area contributed by atoms with Gasteiger partial charge in [0.2, 0.25) is 0 Å². The van der Waals surface area contributed by atoms with Gasteiger partial charge < -0.3 is 9.64 Å². The zero-order valence-corrected chi connectivity index (χ0v) is 13.9. The van der Waals surface area contributed by atoms with E-state index in [1.54, 1.807) is 19.2 Å².